The van der Waals surface area contributed by atoms with Crippen molar-refractivity contribution in [3.63, 3.8) is 0 Å². The SMILES string of the molecule is COc1cc([C@@H]2c3cc4c(cc3C[C@H]3COC(=O)[C@@H]32)OCO4)cc(OC)c1OC(=O)N[C@@H](CCSC)C(=O)N1CCN(c2ccc([N+](=O)[O-])cc2)CC1. The Labute approximate surface area is 309 Å². The van der Waals surface area contributed by atoms with E-state index >= 15 is 0 Å². The lowest BCUT2D eigenvalue weighted by Gasteiger charge is -2.37. The molecule has 0 saturated carbocycles. The van der Waals surface area contributed by atoms with Gasteiger partial charge in [-0.15, -0.1) is 0 Å². The van der Waals surface area contributed by atoms with Gasteiger partial charge in [0, 0.05) is 55.8 Å². The summed E-state index contributed by atoms with van der Waals surface area (Å²) in [6.45, 7) is 2.31. The van der Waals surface area contributed by atoms with Gasteiger partial charge in [-0.3, -0.25) is 19.7 Å². The fraction of sp³-hybridized carbons (Fsp3) is 0.432. The number of rotatable bonds is 11. The zero-order valence-corrected chi connectivity index (χ0v) is 30.3. The van der Waals surface area contributed by atoms with E-state index in [-0.39, 0.29) is 47.5 Å². The van der Waals surface area contributed by atoms with Gasteiger partial charge in [0.2, 0.25) is 18.4 Å². The molecule has 4 aliphatic rings. The first kappa shape index (κ1) is 36.0. The van der Waals surface area contributed by atoms with Gasteiger partial charge in [0.05, 0.1) is 31.7 Å². The molecule has 2 amide bonds. The van der Waals surface area contributed by atoms with Crippen LogP contribution in [-0.2, 0) is 20.7 Å². The van der Waals surface area contributed by atoms with Crippen molar-refractivity contribution in [3.8, 4) is 28.7 Å². The molecule has 16 heteroatoms. The quantitative estimate of drug-likeness (QED) is 0.167. The summed E-state index contributed by atoms with van der Waals surface area (Å²) in [5, 5.41) is 13.8. The molecule has 15 nitrogen and oxygen atoms in total. The Bertz CT molecular complexity index is 1870. The van der Waals surface area contributed by atoms with E-state index in [1.54, 1.807) is 40.9 Å². The van der Waals surface area contributed by atoms with Crippen LogP contribution in [0.4, 0.5) is 16.2 Å². The third-order valence-corrected chi connectivity index (χ3v) is 10.9. The van der Waals surface area contributed by atoms with Crippen LogP contribution in [0.25, 0.3) is 0 Å². The number of ether oxygens (including phenoxy) is 6. The molecule has 0 spiro atoms. The maximum Gasteiger partial charge on any atom is 0.413 e. The molecule has 1 aliphatic carbocycles. The predicted octanol–water partition coefficient (Wildman–Crippen LogP) is 4.38. The van der Waals surface area contributed by atoms with Gasteiger partial charge in [0.25, 0.3) is 5.69 Å². The van der Waals surface area contributed by atoms with Gasteiger partial charge < -0.3 is 43.5 Å². The van der Waals surface area contributed by atoms with E-state index in [1.807, 2.05) is 18.4 Å². The summed E-state index contributed by atoms with van der Waals surface area (Å²) in [6, 6.07) is 12.8. The number of carbonyl (C=O) groups is 3. The number of amides is 2. The number of nitrogens with zero attached hydrogens (tertiary/aromatic N) is 3. The lowest BCUT2D eigenvalue weighted by Crippen LogP contribution is -2.55. The molecular formula is C37H40N4O11S. The number of nitro benzene ring substituents is 1. The summed E-state index contributed by atoms with van der Waals surface area (Å²) in [5.74, 6) is 0.893. The predicted molar refractivity (Wildman–Crippen MR) is 193 cm³/mol. The highest BCUT2D eigenvalue weighted by Gasteiger charge is 2.48. The molecule has 3 aliphatic heterocycles. The van der Waals surface area contributed by atoms with E-state index in [4.69, 9.17) is 28.4 Å². The first-order valence-corrected chi connectivity index (χ1v) is 18.7. The van der Waals surface area contributed by atoms with Gasteiger partial charge in [-0.25, -0.2) is 4.79 Å². The Kier molecular flexibility index (Phi) is 10.4. The van der Waals surface area contributed by atoms with Gasteiger partial charge in [-0.05, 0) is 77.9 Å². The minimum Gasteiger partial charge on any atom is -0.493 e. The molecule has 4 atom stereocenters. The van der Waals surface area contributed by atoms with Crippen LogP contribution in [0.3, 0.4) is 0 Å². The Balaban J connectivity index is 1.08. The van der Waals surface area contributed by atoms with Crippen molar-refractivity contribution in [3.05, 3.63) is 75.3 Å². The number of thioether (sulfide) groups is 1. The Hall–Kier alpha value is -5.38. The van der Waals surface area contributed by atoms with Crippen molar-refractivity contribution in [2.45, 2.75) is 24.8 Å². The Morgan fingerprint density at radius 1 is 1.00 bits per heavy atom. The number of cyclic esters (lactones) is 1. The smallest absolute Gasteiger partial charge is 0.413 e. The van der Waals surface area contributed by atoms with Crippen LogP contribution < -0.4 is 33.9 Å². The lowest BCUT2D eigenvalue weighted by molar-refractivity contribution is -0.384. The monoisotopic (exact) mass is 748 g/mol. The molecule has 0 radical (unpaired) electrons. The van der Waals surface area contributed by atoms with Crippen LogP contribution in [0.1, 0.15) is 29.0 Å². The number of nitro groups is 1. The number of methoxy groups -OCH3 is 2. The molecule has 1 N–H and O–H groups in total. The maximum atomic E-state index is 13.8. The molecule has 3 heterocycles. The number of esters is 1. The number of non-ortho nitro benzene ring substituents is 1. The van der Waals surface area contributed by atoms with Gasteiger partial charge in [0.1, 0.15) is 6.04 Å². The zero-order chi connectivity index (χ0) is 37.2. The minimum absolute atomic E-state index is 0.0150. The van der Waals surface area contributed by atoms with E-state index in [1.165, 1.54) is 26.4 Å². The van der Waals surface area contributed by atoms with Crippen molar-refractivity contribution in [1.82, 2.24) is 10.2 Å². The largest absolute Gasteiger partial charge is 0.493 e. The highest BCUT2D eigenvalue weighted by molar-refractivity contribution is 7.98. The van der Waals surface area contributed by atoms with Gasteiger partial charge in [-0.2, -0.15) is 11.8 Å². The first-order chi connectivity index (χ1) is 25.7. The highest BCUT2D eigenvalue weighted by atomic mass is 32.2. The van der Waals surface area contributed by atoms with E-state index < -0.39 is 28.9 Å². The maximum absolute atomic E-state index is 13.8. The first-order valence-electron chi connectivity index (χ1n) is 17.3. The topological polar surface area (TPSA) is 168 Å². The van der Waals surface area contributed by atoms with Crippen LogP contribution in [0.2, 0.25) is 0 Å². The van der Waals surface area contributed by atoms with Crippen molar-refractivity contribution < 1.29 is 47.7 Å². The zero-order valence-electron chi connectivity index (χ0n) is 29.5. The second-order valence-electron chi connectivity index (χ2n) is 13.2. The van der Waals surface area contributed by atoms with Crippen LogP contribution in [0.5, 0.6) is 28.7 Å². The number of hydrogen-bond donors (Lipinski definition) is 1. The molecule has 3 aromatic carbocycles. The van der Waals surface area contributed by atoms with E-state index in [2.05, 4.69) is 10.2 Å². The molecule has 3 aromatic rings. The summed E-state index contributed by atoms with van der Waals surface area (Å²) >= 11 is 1.55. The average molecular weight is 749 g/mol. The van der Waals surface area contributed by atoms with Crippen LogP contribution in [0.15, 0.2) is 48.5 Å². The fourth-order valence-corrected chi connectivity index (χ4v) is 8.10. The summed E-state index contributed by atoms with van der Waals surface area (Å²) in [5.41, 5.74) is 3.50. The van der Waals surface area contributed by atoms with Crippen LogP contribution >= 0.6 is 11.8 Å². The van der Waals surface area contributed by atoms with Crippen molar-refractivity contribution >= 4 is 41.1 Å². The van der Waals surface area contributed by atoms with Crippen LogP contribution in [0, 0.1) is 22.0 Å². The standard InChI is InChI=1S/C37H40N4O11S/c1-47-30-16-22(32-26-18-29-28(50-20-51-29)15-21(26)14-23-19-49-36(43)33(23)32)17-31(48-2)34(30)52-37(44)38-27(8-13-53-3)35(42)40-11-9-39(10-12-40)24-4-6-25(7-5-24)41(45)46/h4-7,15-18,23,27,32-33H,8-14,19-20H2,1-3H3,(H,38,44)/t23-,27-,32+,33-/m0/s1. The summed E-state index contributed by atoms with van der Waals surface area (Å²) in [6.07, 6.45) is 2.10. The van der Waals surface area contributed by atoms with E-state index in [0.29, 0.717) is 68.4 Å². The second-order valence-corrected chi connectivity index (χ2v) is 14.2. The molecule has 280 valence electrons. The fourth-order valence-electron chi connectivity index (χ4n) is 7.63. The summed E-state index contributed by atoms with van der Waals surface area (Å²) in [4.78, 5) is 54.8. The molecular weight excluding hydrogens is 708 g/mol. The second kappa shape index (κ2) is 15.3. The van der Waals surface area contributed by atoms with Gasteiger partial charge in [0.15, 0.2) is 23.0 Å². The highest BCUT2D eigenvalue weighted by Crippen LogP contribution is 2.52. The van der Waals surface area contributed by atoms with Gasteiger partial charge >= 0.3 is 12.1 Å². The van der Waals surface area contributed by atoms with Crippen molar-refractivity contribution in [2.24, 2.45) is 11.8 Å². The number of nitrogens with one attached hydrogen (secondary N) is 1. The third-order valence-electron chi connectivity index (χ3n) is 10.3. The molecule has 0 aromatic heterocycles. The minimum atomic E-state index is -0.853. The van der Waals surface area contributed by atoms with Crippen molar-refractivity contribution in [1.29, 1.82) is 0 Å². The molecule has 0 unspecified atom stereocenters. The Morgan fingerprint density at radius 2 is 1.68 bits per heavy atom. The lowest BCUT2D eigenvalue weighted by atomic mass is 9.67. The molecule has 7 rings (SSSR count). The van der Waals surface area contributed by atoms with Crippen LogP contribution in [-0.4, -0.2) is 99.6 Å². The van der Waals surface area contributed by atoms with Gasteiger partial charge in [-0.1, -0.05) is 0 Å². The number of anilines is 1. The number of carbonyl (C=O) groups excluding carboxylic acids is 3. The Morgan fingerprint density at radius 3 is 2.32 bits per heavy atom. The van der Waals surface area contributed by atoms with E-state index in [9.17, 15) is 24.5 Å². The molecule has 53 heavy (non-hydrogen) atoms. The molecule has 0 bridgehead atoms. The average Bonchev–Trinajstić information content (AvgIpc) is 3.79. The number of fused-ring (bicyclic) bond motifs is 3. The van der Waals surface area contributed by atoms with E-state index in [0.717, 1.165) is 16.8 Å². The number of piperazine rings is 1. The molecule has 2 fully saturated rings. The van der Waals surface area contributed by atoms with Crippen molar-refractivity contribution in [2.75, 3.05) is 70.7 Å². The summed E-state index contributed by atoms with van der Waals surface area (Å²) < 4.78 is 34.2. The third kappa shape index (κ3) is 7.19. The number of benzene rings is 3. The number of hydrogen-bond acceptors (Lipinski definition) is 13. The summed E-state index contributed by atoms with van der Waals surface area (Å²) in [7, 11) is 2.90. The molecule has 2 saturated heterocycles. The normalized spacial score (nSPS) is 20.5.